The minimum Gasteiger partial charge on any atom is -0.358 e. The van der Waals surface area contributed by atoms with Crippen molar-refractivity contribution < 1.29 is 17.6 Å². The molecule has 16 heavy (non-hydrogen) atoms. The first kappa shape index (κ1) is 12.6. The molecule has 6 heteroatoms. The topological polar surface area (TPSA) is 63.2 Å². The van der Waals surface area contributed by atoms with Gasteiger partial charge in [-0.3, -0.25) is 4.79 Å². The fraction of sp³-hybridized carbons (Fsp3) is 0.300. The average molecular weight is 245 g/mol. The van der Waals surface area contributed by atoms with Crippen molar-refractivity contribution in [3.63, 3.8) is 0 Å². The highest BCUT2D eigenvalue weighted by atomic mass is 32.2. The largest absolute Gasteiger partial charge is 0.358 e. The molecule has 1 unspecified atom stereocenters. The Morgan fingerprint density at radius 3 is 2.56 bits per heavy atom. The number of rotatable bonds is 3. The summed E-state index contributed by atoms with van der Waals surface area (Å²) >= 11 is 0. The van der Waals surface area contributed by atoms with Gasteiger partial charge in [0.15, 0.2) is 9.84 Å². The van der Waals surface area contributed by atoms with Crippen LogP contribution in [0.1, 0.15) is 6.92 Å². The molecule has 1 N–H and O–H groups in total. The summed E-state index contributed by atoms with van der Waals surface area (Å²) in [4.78, 5) is 11.0. The highest BCUT2D eigenvalue weighted by Crippen LogP contribution is 2.16. The van der Waals surface area contributed by atoms with Crippen LogP contribution in [0.15, 0.2) is 29.2 Å². The molecule has 4 nitrogen and oxygen atoms in total. The Morgan fingerprint density at radius 2 is 2.06 bits per heavy atom. The van der Waals surface area contributed by atoms with E-state index < -0.39 is 26.8 Å². The SMILES string of the molecule is CNC(=O)C(C)S(=O)(=O)c1cccc(F)c1. The van der Waals surface area contributed by atoms with Crippen molar-refractivity contribution in [1.29, 1.82) is 0 Å². The molecule has 0 fully saturated rings. The molecule has 0 aromatic heterocycles. The average Bonchev–Trinajstić information content (AvgIpc) is 2.27. The molecule has 0 saturated carbocycles. The Kier molecular flexibility index (Phi) is 3.64. The van der Waals surface area contributed by atoms with Gasteiger partial charge in [0.2, 0.25) is 5.91 Å². The van der Waals surface area contributed by atoms with Gasteiger partial charge in [0.05, 0.1) is 4.90 Å². The quantitative estimate of drug-likeness (QED) is 0.854. The van der Waals surface area contributed by atoms with E-state index in [1.165, 1.54) is 26.1 Å². The van der Waals surface area contributed by atoms with Crippen molar-refractivity contribution in [1.82, 2.24) is 5.32 Å². The van der Waals surface area contributed by atoms with Crippen molar-refractivity contribution >= 4 is 15.7 Å². The monoisotopic (exact) mass is 245 g/mol. The molecule has 1 aromatic rings. The summed E-state index contributed by atoms with van der Waals surface area (Å²) < 4.78 is 36.6. The van der Waals surface area contributed by atoms with E-state index in [9.17, 15) is 17.6 Å². The number of benzene rings is 1. The second-order valence-corrected chi connectivity index (χ2v) is 5.53. The Labute approximate surface area is 93.4 Å². The number of hydrogen-bond donors (Lipinski definition) is 1. The summed E-state index contributed by atoms with van der Waals surface area (Å²) in [5.41, 5.74) is 0. The van der Waals surface area contributed by atoms with Crippen LogP contribution < -0.4 is 5.32 Å². The number of hydrogen-bond acceptors (Lipinski definition) is 3. The first-order chi connectivity index (χ1) is 7.39. The van der Waals surface area contributed by atoms with E-state index in [2.05, 4.69) is 5.32 Å². The van der Waals surface area contributed by atoms with Gasteiger partial charge in [0.1, 0.15) is 11.1 Å². The molecule has 1 rings (SSSR count). The Hall–Kier alpha value is -1.43. The number of carbonyl (C=O) groups excluding carboxylic acids is 1. The van der Waals surface area contributed by atoms with E-state index in [-0.39, 0.29) is 4.90 Å². The van der Waals surface area contributed by atoms with E-state index in [0.29, 0.717) is 0 Å². The number of sulfone groups is 1. The number of nitrogens with one attached hydrogen (secondary N) is 1. The van der Waals surface area contributed by atoms with Gasteiger partial charge < -0.3 is 5.32 Å². The van der Waals surface area contributed by atoms with Gasteiger partial charge >= 0.3 is 0 Å². The third-order valence-electron chi connectivity index (χ3n) is 2.21. The minimum atomic E-state index is -3.82. The zero-order valence-corrected chi connectivity index (χ0v) is 9.71. The maximum absolute atomic E-state index is 12.9. The lowest BCUT2D eigenvalue weighted by atomic mass is 10.3. The number of carbonyl (C=O) groups is 1. The first-order valence-corrected chi connectivity index (χ1v) is 6.15. The molecule has 0 spiro atoms. The fourth-order valence-corrected chi connectivity index (χ4v) is 2.55. The van der Waals surface area contributed by atoms with Crippen LogP contribution in [0, 0.1) is 5.82 Å². The van der Waals surface area contributed by atoms with Crippen molar-refractivity contribution in [3.05, 3.63) is 30.1 Å². The lowest BCUT2D eigenvalue weighted by Gasteiger charge is -2.11. The second-order valence-electron chi connectivity index (χ2n) is 3.26. The number of halogens is 1. The van der Waals surface area contributed by atoms with Gasteiger partial charge in [-0.25, -0.2) is 12.8 Å². The summed E-state index contributed by atoms with van der Waals surface area (Å²) in [6, 6.07) is 4.59. The van der Waals surface area contributed by atoms with Crippen LogP contribution in [0.25, 0.3) is 0 Å². The maximum atomic E-state index is 12.9. The molecular weight excluding hydrogens is 233 g/mol. The van der Waals surface area contributed by atoms with Crippen LogP contribution in [0.3, 0.4) is 0 Å². The van der Waals surface area contributed by atoms with Crippen molar-refractivity contribution in [2.75, 3.05) is 7.05 Å². The molecule has 1 atom stereocenters. The van der Waals surface area contributed by atoms with Crippen molar-refractivity contribution in [2.45, 2.75) is 17.1 Å². The zero-order valence-electron chi connectivity index (χ0n) is 8.90. The molecule has 0 saturated heterocycles. The van der Waals surface area contributed by atoms with Crippen LogP contribution in [-0.4, -0.2) is 26.6 Å². The summed E-state index contributed by atoms with van der Waals surface area (Å²) in [6.07, 6.45) is 0. The number of amides is 1. The van der Waals surface area contributed by atoms with E-state index in [1.54, 1.807) is 0 Å². The minimum absolute atomic E-state index is 0.191. The predicted molar refractivity (Wildman–Crippen MR) is 57.1 cm³/mol. The summed E-state index contributed by atoms with van der Waals surface area (Å²) in [7, 11) is -2.48. The molecule has 0 radical (unpaired) electrons. The van der Waals surface area contributed by atoms with Crippen LogP contribution in [-0.2, 0) is 14.6 Å². The third kappa shape index (κ3) is 2.38. The van der Waals surface area contributed by atoms with E-state index >= 15 is 0 Å². The molecule has 0 bridgehead atoms. The molecule has 0 heterocycles. The predicted octanol–water partition coefficient (Wildman–Crippen LogP) is 0.734. The van der Waals surface area contributed by atoms with Crippen LogP contribution in [0.2, 0.25) is 0 Å². The van der Waals surface area contributed by atoms with Gasteiger partial charge in [-0.1, -0.05) is 6.07 Å². The van der Waals surface area contributed by atoms with Crippen LogP contribution in [0.5, 0.6) is 0 Å². The van der Waals surface area contributed by atoms with Gasteiger partial charge in [0, 0.05) is 7.05 Å². The van der Waals surface area contributed by atoms with E-state index in [0.717, 1.165) is 12.1 Å². The zero-order chi connectivity index (χ0) is 12.3. The lowest BCUT2D eigenvalue weighted by Crippen LogP contribution is -2.35. The lowest BCUT2D eigenvalue weighted by molar-refractivity contribution is -0.119. The summed E-state index contributed by atoms with van der Waals surface area (Å²) in [5.74, 6) is -1.27. The van der Waals surface area contributed by atoms with Crippen molar-refractivity contribution in [3.8, 4) is 0 Å². The third-order valence-corrected chi connectivity index (χ3v) is 4.26. The summed E-state index contributed by atoms with van der Waals surface area (Å²) in [5, 5.41) is 1.01. The summed E-state index contributed by atoms with van der Waals surface area (Å²) in [6.45, 7) is 1.26. The Balaban J connectivity index is 3.17. The molecule has 1 aromatic carbocycles. The molecule has 1 amide bonds. The molecule has 0 aliphatic rings. The van der Waals surface area contributed by atoms with Gasteiger partial charge in [-0.05, 0) is 25.1 Å². The second kappa shape index (κ2) is 4.61. The highest BCUT2D eigenvalue weighted by Gasteiger charge is 2.29. The molecule has 88 valence electrons. The first-order valence-electron chi connectivity index (χ1n) is 4.60. The standard InChI is InChI=1S/C10H12FNO3S/c1-7(10(13)12-2)16(14,15)9-5-3-4-8(11)6-9/h3-7H,1-2H3,(H,12,13). The van der Waals surface area contributed by atoms with Crippen LogP contribution in [0.4, 0.5) is 4.39 Å². The van der Waals surface area contributed by atoms with E-state index in [4.69, 9.17) is 0 Å². The van der Waals surface area contributed by atoms with Gasteiger partial charge in [-0.2, -0.15) is 0 Å². The van der Waals surface area contributed by atoms with E-state index in [1.807, 2.05) is 0 Å². The molecule has 0 aliphatic carbocycles. The van der Waals surface area contributed by atoms with Gasteiger partial charge in [-0.15, -0.1) is 0 Å². The highest BCUT2D eigenvalue weighted by molar-refractivity contribution is 7.92. The fourth-order valence-electron chi connectivity index (χ4n) is 1.19. The van der Waals surface area contributed by atoms with Gasteiger partial charge in [0.25, 0.3) is 0 Å². The Bertz CT molecular complexity index is 499. The van der Waals surface area contributed by atoms with Crippen molar-refractivity contribution in [2.24, 2.45) is 0 Å². The molecular formula is C10H12FNO3S. The van der Waals surface area contributed by atoms with Crippen LogP contribution >= 0.6 is 0 Å². The maximum Gasteiger partial charge on any atom is 0.238 e. The Morgan fingerprint density at radius 1 is 1.44 bits per heavy atom. The smallest absolute Gasteiger partial charge is 0.238 e. The molecule has 0 aliphatic heterocycles. The normalized spacial score (nSPS) is 13.2.